The van der Waals surface area contributed by atoms with Gasteiger partial charge in [0, 0.05) is 11.9 Å². The maximum atomic E-state index is 11.0. The van der Waals surface area contributed by atoms with Crippen LogP contribution in [0, 0.1) is 0 Å². The van der Waals surface area contributed by atoms with Gasteiger partial charge in [-0.15, -0.1) is 11.8 Å². The third kappa shape index (κ3) is 3.71. The second kappa shape index (κ2) is 6.75. The fourth-order valence-corrected chi connectivity index (χ4v) is 3.04. The van der Waals surface area contributed by atoms with Gasteiger partial charge in [0.2, 0.25) is 0 Å². The molecule has 2 rings (SSSR count). The quantitative estimate of drug-likeness (QED) is 0.633. The van der Waals surface area contributed by atoms with Gasteiger partial charge in [0.15, 0.2) is 0 Å². The van der Waals surface area contributed by atoms with E-state index in [1.165, 1.54) is 25.9 Å². The van der Waals surface area contributed by atoms with Gasteiger partial charge in [0.25, 0.3) is 0 Å². The molecule has 0 bridgehead atoms. The largest absolute Gasteiger partial charge is 0.478 e. The average Bonchev–Trinajstić information content (AvgIpc) is 2.88. The van der Waals surface area contributed by atoms with Gasteiger partial charge in [-0.1, -0.05) is 0 Å². The van der Waals surface area contributed by atoms with Crippen molar-refractivity contribution in [2.45, 2.75) is 24.3 Å². The minimum atomic E-state index is -0.898. The Balaban J connectivity index is 1.77. The SMILES string of the molecule is O=C(O)c1cccnc1SCCCN1CCCC1. The minimum absolute atomic E-state index is 0.309. The number of carboxylic acids is 1. The summed E-state index contributed by atoms with van der Waals surface area (Å²) in [5, 5.41) is 9.66. The molecule has 5 heteroatoms. The molecular weight excluding hydrogens is 248 g/mol. The summed E-state index contributed by atoms with van der Waals surface area (Å²) in [6.07, 6.45) is 5.36. The van der Waals surface area contributed by atoms with Gasteiger partial charge in [0.05, 0.1) is 5.56 Å². The van der Waals surface area contributed by atoms with E-state index in [9.17, 15) is 4.79 Å². The maximum absolute atomic E-state index is 11.0. The van der Waals surface area contributed by atoms with E-state index < -0.39 is 5.97 Å². The van der Waals surface area contributed by atoms with Crippen molar-refractivity contribution in [3.63, 3.8) is 0 Å². The monoisotopic (exact) mass is 266 g/mol. The molecule has 98 valence electrons. The summed E-state index contributed by atoms with van der Waals surface area (Å²) in [5.74, 6) is 0.0264. The van der Waals surface area contributed by atoms with E-state index in [0.29, 0.717) is 10.6 Å². The summed E-state index contributed by atoms with van der Waals surface area (Å²) in [7, 11) is 0. The van der Waals surface area contributed by atoms with Gasteiger partial charge in [-0.05, 0) is 51.0 Å². The lowest BCUT2D eigenvalue weighted by Gasteiger charge is -2.13. The van der Waals surface area contributed by atoms with Gasteiger partial charge >= 0.3 is 5.97 Å². The summed E-state index contributed by atoms with van der Waals surface area (Å²) in [6, 6.07) is 3.27. The Morgan fingerprint density at radius 3 is 2.94 bits per heavy atom. The van der Waals surface area contributed by atoms with Crippen molar-refractivity contribution in [2.75, 3.05) is 25.4 Å². The molecule has 1 aliphatic rings. The predicted molar refractivity (Wildman–Crippen MR) is 72.2 cm³/mol. The highest BCUT2D eigenvalue weighted by Gasteiger charge is 2.12. The standard InChI is InChI=1S/C13H18N2O2S/c16-13(17)11-5-3-6-14-12(11)18-10-4-9-15-7-1-2-8-15/h3,5-6H,1-2,4,7-10H2,(H,16,17). The van der Waals surface area contributed by atoms with Crippen LogP contribution in [0.3, 0.4) is 0 Å². The van der Waals surface area contributed by atoms with Crippen LogP contribution in [0.2, 0.25) is 0 Å². The molecule has 1 aromatic rings. The highest BCUT2D eigenvalue weighted by Crippen LogP contribution is 2.21. The first-order valence-electron chi connectivity index (χ1n) is 6.31. The van der Waals surface area contributed by atoms with Gasteiger partial charge in [-0.3, -0.25) is 0 Å². The number of pyridine rings is 1. The summed E-state index contributed by atoms with van der Waals surface area (Å²) in [6.45, 7) is 3.55. The summed E-state index contributed by atoms with van der Waals surface area (Å²) >= 11 is 1.54. The highest BCUT2D eigenvalue weighted by atomic mass is 32.2. The lowest BCUT2D eigenvalue weighted by atomic mass is 10.3. The van der Waals surface area contributed by atoms with E-state index in [-0.39, 0.29) is 0 Å². The Morgan fingerprint density at radius 1 is 1.44 bits per heavy atom. The maximum Gasteiger partial charge on any atom is 0.338 e. The molecule has 4 nitrogen and oxygen atoms in total. The van der Waals surface area contributed by atoms with Gasteiger partial charge in [0.1, 0.15) is 5.03 Å². The number of carboxylic acid groups (broad SMARTS) is 1. The second-order valence-electron chi connectivity index (χ2n) is 4.41. The Bertz CT molecular complexity index is 406. The molecule has 1 aliphatic heterocycles. The van der Waals surface area contributed by atoms with Crippen LogP contribution < -0.4 is 0 Å². The number of carbonyl (C=O) groups is 1. The molecule has 1 fully saturated rings. The van der Waals surface area contributed by atoms with Crippen molar-refractivity contribution >= 4 is 17.7 Å². The van der Waals surface area contributed by atoms with E-state index in [1.54, 1.807) is 30.1 Å². The van der Waals surface area contributed by atoms with Crippen LogP contribution in [0.5, 0.6) is 0 Å². The Hall–Kier alpha value is -1.07. The average molecular weight is 266 g/mol. The third-order valence-electron chi connectivity index (χ3n) is 3.06. The highest BCUT2D eigenvalue weighted by molar-refractivity contribution is 7.99. The molecule has 1 saturated heterocycles. The smallest absolute Gasteiger partial charge is 0.338 e. The van der Waals surface area contributed by atoms with Crippen molar-refractivity contribution in [3.05, 3.63) is 23.9 Å². The lowest BCUT2D eigenvalue weighted by molar-refractivity contribution is 0.0692. The third-order valence-corrected chi connectivity index (χ3v) is 4.15. The molecule has 0 aliphatic carbocycles. The van der Waals surface area contributed by atoms with Gasteiger partial charge in [-0.25, -0.2) is 9.78 Å². The zero-order valence-corrected chi connectivity index (χ0v) is 11.2. The first-order valence-corrected chi connectivity index (χ1v) is 7.29. The van der Waals surface area contributed by atoms with Crippen LogP contribution in [0.4, 0.5) is 0 Å². The van der Waals surface area contributed by atoms with Crippen LogP contribution in [0.1, 0.15) is 29.6 Å². The predicted octanol–water partition coefficient (Wildman–Crippen LogP) is 2.36. The van der Waals surface area contributed by atoms with Crippen molar-refractivity contribution in [3.8, 4) is 0 Å². The molecular formula is C13H18N2O2S. The fraction of sp³-hybridized carbons (Fsp3) is 0.538. The Kier molecular flexibility index (Phi) is 5.01. The molecule has 0 atom stereocenters. The summed E-state index contributed by atoms with van der Waals surface area (Å²) < 4.78 is 0. The number of nitrogens with zero attached hydrogens (tertiary/aromatic N) is 2. The van der Waals surface area contributed by atoms with E-state index in [4.69, 9.17) is 5.11 Å². The number of aromatic carboxylic acids is 1. The van der Waals surface area contributed by atoms with E-state index >= 15 is 0 Å². The number of hydrogen-bond acceptors (Lipinski definition) is 4. The minimum Gasteiger partial charge on any atom is -0.478 e. The molecule has 0 spiro atoms. The summed E-state index contributed by atoms with van der Waals surface area (Å²) in [4.78, 5) is 17.6. The number of likely N-dealkylation sites (tertiary alicyclic amines) is 1. The number of hydrogen-bond donors (Lipinski definition) is 1. The number of aromatic nitrogens is 1. The first kappa shape index (κ1) is 13.4. The van der Waals surface area contributed by atoms with Crippen molar-refractivity contribution < 1.29 is 9.90 Å². The summed E-state index contributed by atoms with van der Waals surface area (Å²) in [5.41, 5.74) is 0.309. The zero-order chi connectivity index (χ0) is 12.8. The fourth-order valence-electron chi connectivity index (χ4n) is 2.13. The van der Waals surface area contributed by atoms with Crippen LogP contribution in [0.25, 0.3) is 0 Å². The number of rotatable bonds is 6. The molecule has 0 amide bonds. The van der Waals surface area contributed by atoms with Crippen molar-refractivity contribution in [1.82, 2.24) is 9.88 Å². The molecule has 0 radical (unpaired) electrons. The van der Waals surface area contributed by atoms with Crippen LogP contribution in [-0.2, 0) is 0 Å². The molecule has 0 saturated carbocycles. The zero-order valence-electron chi connectivity index (χ0n) is 10.3. The van der Waals surface area contributed by atoms with Gasteiger partial charge < -0.3 is 10.0 Å². The Labute approximate surface area is 111 Å². The second-order valence-corrected chi connectivity index (χ2v) is 5.50. The van der Waals surface area contributed by atoms with Crippen LogP contribution in [0.15, 0.2) is 23.4 Å². The van der Waals surface area contributed by atoms with E-state index in [2.05, 4.69) is 9.88 Å². The van der Waals surface area contributed by atoms with Crippen LogP contribution >= 0.6 is 11.8 Å². The van der Waals surface area contributed by atoms with Crippen molar-refractivity contribution in [1.29, 1.82) is 0 Å². The van der Waals surface area contributed by atoms with Crippen LogP contribution in [-0.4, -0.2) is 46.3 Å². The first-order chi connectivity index (χ1) is 8.77. The topological polar surface area (TPSA) is 53.4 Å². The molecule has 0 unspecified atom stereocenters. The molecule has 1 N–H and O–H groups in total. The molecule has 1 aromatic heterocycles. The van der Waals surface area contributed by atoms with Crippen molar-refractivity contribution in [2.24, 2.45) is 0 Å². The molecule has 0 aromatic carbocycles. The van der Waals surface area contributed by atoms with Gasteiger partial charge in [-0.2, -0.15) is 0 Å². The molecule has 2 heterocycles. The Morgan fingerprint density at radius 2 is 2.22 bits per heavy atom. The normalized spacial score (nSPS) is 16.0. The van der Waals surface area contributed by atoms with E-state index in [0.717, 1.165) is 18.7 Å². The molecule has 18 heavy (non-hydrogen) atoms. The lowest BCUT2D eigenvalue weighted by Crippen LogP contribution is -2.20. The van der Waals surface area contributed by atoms with E-state index in [1.807, 2.05) is 0 Å². The number of thioether (sulfide) groups is 1.